The summed E-state index contributed by atoms with van der Waals surface area (Å²) in [4.78, 5) is 43.0. The molecule has 2 amide bonds. The Kier molecular flexibility index (Phi) is 7.27. The molecule has 37 heavy (non-hydrogen) atoms. The van der Waals surface area contributed by atoms with E-state index < -0.39 is 35.8 Å². The van der Waals surface area contributed by atoms with E-state index in [-0.39, 0.29) is 22.1 Å². The number of carbonyl (C=O) groups is 2. The fraction of sp³-hybridized carbons (Fsp3) is 0.364. The SMILES string of the molecule is C[C@@H](NC(=O)c1ncnc2c1CCC(O)N2)c1ncc(C(=O)Nc2cnc(N(C)C)c(C(F)(F)F)c2)s1. The molecule has 1 aliphatic heterocycles. The highest BCUT2D eigenvalue weighted by Gasteiger charge is 2.35. The van der Waals surface area contributed by atoms with Gasteiger partial charge in [0.2, 0.25) is 0 Å². The molecule has 15 heteroatoms. The summed E-state index contributed by atoms with van der Waals surface area (Å²) < 4.78 is 40.3. The minimum absolute atomic E-state index is 0.119. The number of nitrogens with zero attached hydrogens (tertiary/aromatic N) is 5. The van der Waals surface area contributed by atoms with Gasteiger partial charge in [0.1, 0.15) is 45.3 Å². The van der Waals surface area contributed by atoms with E-state index in [1.165, 1.54) is 31.5 Å². The van der Waals surface area contributed by atoms with Crippen LogP contribution < -0.4 is 20.9 Å². The molecule has 0 aromatic carbocycles. The van der Waals surface area contributed by atoms with Gasteiger partial charge in [0.15, 0.2) is 0 Å². The molecule has 0 bridgehead atoms. The van der Waals surface area contributed by atoms with Gasteiger partial charge in [-0.05, 0) is 25.8 Å². The Labute approximate surface area is 213 Å². The zero-order valence-electron chi connectivity index (χ0n) is 19.9. The Bertz CT molecular complexity index is 1330. The molecule has 0 spiro atoms. The maximum absolute atomic E-state index is 13.4. The number of thiazole rings is 1. The maximum Gasteiger partial charge on any atom is 0.420 e. The molecular weight excluding hydrogens is 513 g/mol. The van der Waals surface area contributed by atoms with Gasteiger partial charge in [-0.3, -0.25) is 9.59 Å². The highest BCUT2D eigenvalue weighted by molar-refractivity contribution is 7.13. The van der Waals surface area contributed by atoms with Crippen LogP contribution in [0.4, 0.5) is 30.5 Å². The molecule has 4 rings (SSSR count). The van der Waals surface area contributed by atoms with Gasteiger partial charge in [-0.15, -0.1) is 11.3 Å². The van der Waals surface area contributed by atoms with Crippen molar-refractivity contribution in [1.82, 2.24) is 25.3 Å². The lowest BCUT2D eigenvalue weighted by atomic mass is 10.0. The molecule has 11 nitrogen and oxygen atoms in total. The minimum atomic E-state index is -4.66. The van der Waals surface area contributed by atoms with Crippen molar-refractivity contribution in [3.8, 4) is 0 Å². The number of hydrogen-bond donors (Lipinski definition) is 4. The Morgan fingerprint density at radius 3 is 2.65 bits per heavy atom. The first-order valence-electron chi connectivity index (χ1n) is 11.0. The van der Waals surface area contributed by atoms with Gasteiger partial charge in [-0.1, -0.05) is 0 Å². The molecular formula is C22H23F3N8O3S. The summed E-state index contributed by atoms with van der Waals surface area (Å²) in [5, 5.41) is 18.1. The zero-order chi connectivity index (χ0) is 26.9. The predicted octanol–water partition coefficient (Wildman–Crippen LogP) is 2.83. The van der Waals surface area contributed by atoms with E-state index in [9.17, 15) is 27.9 Å². The van der Waals surface area contributed by atoms with E-state index in [1.54, 1.807) is 6.92 Å². The number of rotatable bonds is 6. The van der Waals surface area contributed by atoms with Crippen molar-refractivity contribution in [2.75, 3.05) is 29.6 Å². The van der Waals surface area contributed by atoms with E-state index in [0.717, 1.165) is 23.6 Å². The number of amides is 2. The van der Waals surface area contributed by atoms with Crippen LogP contribution in [-0.2, 0) is 12.6 Å². The lowest BCUT2D eigenvalue weighted by molar-refractivity contribution is -0.137. The first-order valence-corrected chi connectivity index (χ1v) is 11.9. The number of alkyl halides is 3. The standard InChI is InChI=1S/C22H23F3N8O3S/c1-10(30-20(36)16-12-4-5-15(34)32-17(12)29-9-28-16)21-27-8-14(37-21)19(35)31-11-6-13(22(23,24)25)18(26-7-11)33(2)3/h6-10,15,34H,4-5H2,1-3H3,(H,30,36)(H,31,35)(H,28,29,32)/t10-,15?/m1/s1. The summed E-state index contributed by atoms with van der Waals surface area (Å²) in [6.07, 6.45) is -0.941. The smallest absolute Gasteiger partial charge is 0.374 e. The first-order chi connectivity index (χ1) is 17.4. The quantitative estimate of drug-likeness (QED) is 0.374. The summed E-state index contributed by atoms with van der Waals surface area (Å²) in [5.74, 6) is -1.02. The largest absolute Gasteiger partial charge is 0.420 e. The van der Waals surface area contributed by atoms with Crippen molar-refractivity contribution in [3.05, 3.63) is 51.5 Å². The Balaban J connectivity index is 1.45. The average Bonchev–Trinajstić information content (AvgIpc) is 3.33. The summed E-state index contributed by atoms with van der Waals surface area (Å²) >= 11 is 0.985. The summed E-state index contributed by atoms with van der Waals surface area (Å²) in [6, 6.07) is 0.228. The monoisotopic (exact) mass is 536 g/mol. The van der Waals surface area contributed by atoms with Crippen molar-refractivity contribution < 1.29 is 27.9 Å². The second-order valence-corrected chi connectivity index (χ2v) is 9.51. The summed E-state index contributed by atoms with van der Waals surface area (Å²) in [6.45, 7) is 1.67. The minimum Gasteiger partial charge on any atom is -0.374 e. The Morgan fingerprint density at radius 1 is 1.19 bits per heavy atom. The van der Waals surface area contributed by atoms with Crippen LogP contribution >= 0.6 is 11.3 Å². The zero-order valence-corrected chi connectivity index (χ0v) is 20.7. The van der Waals surface area contributed by atoms with Crippen LogP contribution in [0, 0.1) is 0 Å². The molecule has 2 atom stereocenters. The first kappa shape index (κ1) is 26.2. The van der Waals surface area contributed by atoms with Gasteiger partial charge in [0.05, 0.1) is 24.1 Å². The number of nitrogens with one attached hydrogen (secondary N) is 3. The lowest BCUT2D eigenvalue weighted by Gasteiger charge is -2.23. The van der Waals surface area contributed by atoms with Crippen molar-refractivity contribution in [1.29, 1.82) is 0 Å². The molecule has 0 radical (unpaired) electrons. The van der Waals surface area contributed by atoms with Crippen LogP contribution in [-0.4, -0.2) is 57.2 Å². The third-order valence-corrected chi connectivity index (χ3v) is 6.63. The van der Waals surface area contributed by atoms with Crippen LogP contribution in [0.15, 0.2) is 24.8 Å². The number of hydrogen-bond acceptors (Lipinski definition) is 10. The van der Waals surface area contributed by atoms with Crippen LogP contribution in [0.5, 0.6) is 0 Å². The number of aliphatic hydroxyl groups excluding tert-OH is 1. The molecule has 3 aromatic rings. The highest BCUT2D eigenvalue weighted by atomic mass is 32.1. The third-order valence-electron chi connectivity index (χ3n) is 5.45. The fourth-order valence-electron chi connectivity index (χ4n) is 3.68. The van der Waals surface area contributed by atoms with E-state index in [2.05, 4.69) is 35.9 Å². The number of halogens is 3. The molecule has 0 fully saturated rings. The van der Waals surface area contributed by atoms with Gasteiger partial charge in [0, 0.05) is 19.7 Å². The van der Waals surface area contributed by atoms with Crippen molar-refractivity contribution >= 4 is 40.5 Å². The fourth-order valence-corrected chi connectivity index (χ4v) is 4.50. The number of carbonyl (C=O) groups excluding carboxylic acids is 2. The number of pyridine rings is 1. The number of aliphatic hydroxyl groups is 1. The molecule has 4 heterocycles. The molecule has 0 aliphatic carbocycles. The van der Waals surface area contributed by atoms with Gasteiger partial charge < -0.3 is 26.0 Å². The van der Waals surface area contributed by atoms with Crippen molar-refractivity contribution in [2.45, 2.75) is 38.2 Å². The molecule has 1 aliphatic rings. The van der Waals surface area contributed by atoms with Crippen molar-refractivity contribution in [2.24, 2.45) is 0 Å². The Morgan fingerprint density at radius 2 is 1.95 bits per heavy atom. The van der Waals surface area contributed by atoms with Gasteiger partial charge in [-0.25, -0.2) is 19.9 Å². The summed E-state index contributed by atoms with van der Waals surface area (Å²) in [7, 11) is 2.88. The number of fused-ring (bicyclic) bond motifs is 1. The second kappa shape index (κ2) is 10.3. The highest BCUT2D eigenvalue weighted by Crippen LogP contribution is 2.36. The summed E-state index contributed by atoms with van der Waals surface area (Å²) in [5.41, 5.74) is -0.344. The number of anilines is 3. The van der Waals surface area contributed by atoms with E-state index >= 15 is 0 Å². The van der Waals surface area contributed by atoms with E-state index in [4.69, 9.17) is 0 Å². The van der Waals surface area contributed by atoms with Gasteiger partial charge in [0.25, 0.3) is 11.8 Å². The van der Waals surface area contributed by atoms with Crippen molar-refractivity contribution in [3.63, 3.8) is 0 Å². The topological polar surface area (TPSA) is 145 Å². The van der Waals surface area contributed by atoms with Crippen LogP contribution in [0.3, 0.4) is 0 Å². The maximum atomic E-state index is 13.4. The molecule has 0 saturated heterocycles. The molecule has 3 aromatic heterocycles. The number of aromatic nitrogens is 4. The molecule has 4 N–H and O–H groups in total. The third kappa shape index (κ3) is 5.77. The van der Waals surface area contributed by atoms with Crippen LogP contribution in [0.25, 0.3) is 0 Å². The van der Waals surface area contributed by atoms with Crippen LogP contribution in [0.2, 0.25) is 0 Å². The van der Waals surface area contributed by atoms with E-state index in [0.29, 0.717) is 29.2 Å². The molecule has 1 unspecified atom stereocenters. The lowest BCUT2D eigenvalue weighted by Crippen LogP contribution is -2.32. The molecule has 0 saturated carbocycles. The van der Waals surface area contributed by atoms with Crippen LogP contribution in [0.1, 0.15) is 55.7 Å². The normalized spacial score (nSPS) is 15.8. The van der Waals surface area contributed by atoms with Gasteiger partial charge in [-0.2, -0.15) is 13.2 Å². The average molecular weight is 537 g/mol. The van der Waals surface area contributed by atoms with E-state index in [1.807, 2.05) is 0 Å². The second-order valence-electron chi connectivity index (χ2n) is 8.45. The predicted molar refractivity (Wildman–Crippen MR) is 129 cm³/mol. The van der Waals surface area contributed by atoms with Gasteiger partial charge >= 0.3 is 6.18 Å². The molecule has 196 valence electrons. The Hall–Kier alpha value is -3.85.